The third-order valence-electron chi connectivity index (χ3n) is 3.03. The number of hydrogen-bond donors (Lipinski definition) is 2. The highest BCUT2D eigenvalue weighted by molar-refractivity contribution is 6.39. The molecule has 25 heavy (non-hydrogen) atoms. The summed E-state index contributed by atoms with van der Waals surface area (Å²) >= 11 is 0. The molecule has 6 nitrogen and oxygen atoms in total. The average Bonchev–Trinajstić information content (AvgIpc) is 2.59. The lowest BCUT2D eigenvalue weighted by Gasteiger charge is -2.08. The minimum absolute atomic E-state index is 0.0209. The van der Waals surface area contributed by atoms with E-state index in [1.54, 1.807) is 24.3 Å². The van der Waals surface area contributed by atoms with Crippen LogP contribution in [0.25, 0.3) is 0 Å². The number of anilines is 1. The zero-order chi connectivity index (χ0) is 18.4. The Bertz CT molecular complexity index is 827. The van der Waals surface area contributed by atoms with Crippen LogP contribution in [0.15, 0.2) is 42.6 Å². The number of carbonyl (C=O) groups is 2. The van der Waals surface area contributed by atoms with Crippen LogP contribution in [0.2, 0.25) is 0 Å². The van der Waals surface area contributed by atoms with Gasteiger partial charge in [0.1, 0.15) is 5.69 Å². The fourth-order valence-electron chi connectivity index (χ4n) is 1.84. The van der Waals surface area contributed by atoms with Crippen molar-refractivity contribution in [1.29, 1.82) is 5.26 Å². The summed E-state index contributed by atoms with van der Waals surface area (Å²) in [7, 11) is 0. The van der Waals surface area contributed by atoms with Crippen LogP contribution in [0.5, 0.6) is 0 Å². The van der Waals surface area contributed by atoms with Gasteiger partial charge in [-0.25, -0.2) is 4.98 Å². The lowest BCUT2D eigenvalue weighted by molar-refractivity contribution is -0.141. The van der Waals surface area contributed by atoms with Gasteiger partial charge in [0.25, 0.3) is 0 Å². The summed E-state index contributed by atoms with van der Waals surface area (Å²) in [5, 5.41) is 13.3. The van der Waals surface area contributed by atoms with E-state index in [-0.39, 0.29) is 12.2 Å². The molecular weight excluding hydrogens is 337 g/mol. The first-order valence-electron chi connectivity index (χ1n) is 6.91. The largest absolute Gasteiger partial charge is 0.433 e. The van der Waals surface area contributed by atoms with Crippen molar-refractivity contribution in [3.63, 3.8) is 0 Å². The topological polar surface area (TPSA) is 94.9 Å². The first kappa shape index (κ1) is 17.9. The Morgan fingerprint density at radius 1 is 1.16 bits per heavy atom. The SMILES string of the molecule is N#Cc1cccc(CNC(=O)C(=O)Nc2ccc(C(F)(F)F)nc2)c1. The molecule has 2 N–H and O–H groups in total. The molecule has 0 spiro atoms. The normalized spacial score (nSPS) is 10.6. The fourth-order valence-corrected chi connectivity index (χ4v) is 1.84. The van der Waals surface area contributed by atoms with Gasteiger partial charge in [0.15, 0.2) is 0 Å². The monoisotopic (exact) mass is 348 g/mol. The second kappa shape index (κ2) is 7.44. The van der Waals surface area contributed by atoms with Gasteiger partial charge in [-0.3, -0.25) is 9.59 Å². The molecule has 1 aromatic carbocycles. The maximum atomic E-state index is 12.4. The molecule has 0 aliphatic heterocycles. The second-order valence-corrected chi connectivity index (χ2v) is 4.88. The highest BCUT2D eigenvalue weighted by atomic mass is 19.4. The van der Waals surface area contributed by atoms with E-state index in [0.717, 1.165) is 12.3 Å². The van der Waals surface area contributed by atoms with Crippen molar-refractivity contribution in [3.05, 3.63) is 59.4 Å². The van der Waals surface area contributed by atoms with Crippen molar-refractivity contribution in [2.45, 2.75) is 12.7 Å². The van der Waals surface area contributed by atoms with Crippen molar-refractivity contribution >= 4 is 17.5 Å². The molecule has 0 radical (unpaired) electrons. The van der Waals surface area contributed by atoms with Gasteiger partial charge in [0, 0.05) is 6.54 Å². The Labute approximate surface area is 140 Å². The molecule has 0 saturated heterocycles. The van der Waals surface area contributed by atoms with Crippen LogP contribution in [0, 0.1) is 11.3 Å². The number of nitriles is 1. The molecule has 9 heteroatoms. The molecule has 0 unspecified atom stereocenters. The molecule has 0 bridgehead atoms. The molecule has 0 aliphatic carbocycles. The summed E-state index contributed by atoms with van der Waals surface area (Å²) in [5.74, 6) is -2.01. The van der Waals surface area contributed by atoms with Gasteiger partial charge < -0.3 is 10.6 Å². The number of benzene rings is 1. The average molecular weight is 348 g/mol. The van der Waals surface area contributed by atoms with Crippen LogP contribution >= 0.6 is 0 Å². The first-order chi connectivity index (χ1) is 11.8. The number of carbonyl (C=O) groups excluding carboxylic acids is 2. The molecule has 0 fully saturated rings. The quantitative estimate of drug-likeness (QED) is 0.832. The van der Waals surface area contributed by atoms with Gasteiger partial charge in [-0.05, 0) is 29.8 Å². The van der Waals surface area contributed by atoms with E-state index >= 15 is 0 Å². The van der Waals surface area contributed by atoms with E-state index in [9.17, 15) is 22.8 Å². The summed E-state index contributed by atoms with van der Waals surface area (Å²) in [5.41, 5.74) is -0.115. The minimum atomic E-state index is -4.59. The van der Waals surface area contributed by atoms with Crippen LogP contribution in [-0.2, 0) is 22.3 Å². The molecule has 2 rings (SSSR count). The molecule has 0 saturated carbocycles. The van der Waals surface area contributed by atoms with Gasteiger partial charge in [0.2, 0.25) is 0 Å². The Morgan fingerprint density at radius 2 is 1.92 bits per heavy atom. The number of nitrogens with one attached hydrogen (secondary N) is 2. The molecule has 0 aliphatic rings. The van der Waals surface area contributed by atoms with Gasteiger partial charge in [0.05, 0.1) is 23.5 Å². The molecule has 2 aromatic rings. The van der Waals surface area contributed by atoms with E-state index in [4.69, 9.17) is 5.26 Å². The summed E-state index contributed by atoms with van der Waals surface area (Å²) in [4.78, 5) is 26.6. The Balaban J connectivity index is 1.92. The first-order valence-corrected chi connectivity index (χ1v) is 6.91. The lowest BCUT2D eigenvalue weighted by Crippen LogP contribution is -2.35. The Morgan fingerprint density at radius 3 is 2.52 bits per heavy atom. The lowest BCUT2D eigenvalue weighted by atomic mass is 10.1. The van der Waals surface area contributed by atoms with Crippen molar-refractivity contribution < 1.29 is 22.8 Å². The third-order valence-corrected chi connectivity index (χ3v) is 3.03. The van der Waals surface area contributed by atoms with Gasteiger partial charge in [-0.2, -0.15) is 18.4 Å². The number of nitrogens with zero attached hydrogens (tertiary/aromatic N) is 2. The number of alkyl halides is 3. The van der Waals surface area contributed by atoms with Crippen LogP contribution in [0.4, 0.5) is 18.9 Å². The maximum absolute atomic E-state index is 12.4. The number of rotatable bonds is 3. The van der Waals surface area contributed by atoms with Gasteiger partial charge in [-0.15, -0.1) is 0 Å². The van der Waals surface area contributed by atoms with Crippen LogP contribution in [-0.4, -0.2) is 16.8 Å². The number of halogens is 3. The number of pyridine rings is 1. The highest BCUT2D eigenvalue weighted by Crippen LogP contribution is 2.27. The number of hydrogen-bond acceptors (Lipinski definition) is 4. The van der Waals surface area contributed by atoms with Crippen molar-refractivity contribution in [1.82, 2.24) is 10.3 Å². The van der Waals surface area contributed by atoms with E-state index in [2.05, 4.69) is 15.6 Å². The Kier molecular flexibility index (Phi) is 5.34. The number of aromatic nitrogens is 1. The fraction of sp³-hybridized carbons (Fsp3) is 0.125. The molecular formula is C16H11F3N4O2. The molecule has 1 heterocycles. The summed E-state index contributed by atoms with van der Waals surface area (Å²) in [6, 6.07) is 10.1. The smallest absolute Gasteiger partial charge is 0.344 e. The molecule has 1 aromatic heterocycles. The minimum Gasteiger partial charge on any atom is -0.344 e. The molecule has 0 atom stereocenters. The van der Waals surface area contributed by atoms with Crippen LogP contribution in [0.1, 0.15) is 16.8 Å². The van der Waals surface area contributed by atoms with E-state index in [0.29, 0.717) is 17.2 Å². The Hall–Kier alpha value is -3.41. The molecule has 2 amide bonds. The van der Waals surface area contributed by atoms with E-state index in [1.807, 2.05) is 6.07 Å². The van der Waals surface area contributed by atoms with E-state index in [1.165, 1.54) is 0 Å². The predicted octanol–water partition coefficient (Wildman–Crippen LogP) is 2.23. The van der Waals surface area contributed by atoms with Crippen LogP contribution in [0.3, 0.4) is 0 Å². The summed E-state index contributed by atoms with van der Waals surface area (Å²) in [6.45, 7) is 0.0209. The second-order valence-electron chi connectivity index (χ2n) is 4.88. The molecule has 128 valence electrons. The predicted molar refractivity (Wildman–Crippen MR) is 80.9 cm³/mol. The number of amides is 2. The van der Waals surface area contributed by atoms with Crippen molar-refractivity contribution in [2.24, 2.45) is 0 Å². The maximum Gasteiger partial charge on any atom is 0.433 e. The zero-order valence-corrected chi connectivity index (χ0v) is 12.6. The van der Waals surface area contributed by atoms with Crippen molar-refractivity contribution in [3.8, 4) is 6.07 Å². The standard InChI is InChI=1S/C16H11F3N4O2/c17-16(18,19)13-5-4-12(9-21-13)23-15(25)14(24)22-8-11-3-1-2-10(6-11)7-20/h1-6,9H,8H2,(H,22,24)(H,23,25). The van der Waals surface area contributed by atoms with Gasteiger partial charge >= 0.3 is 18.0 Å². The third kappa shape index (κ3) is 5.04. The van der Waals surface area contributed by atoms with Crippen molar-refractivity contribution in [2.75, 3.05) is 5.32 Å². The summed E-state index contributed by atoms with van der Waals surface area (Å²) < 4.78 is 37.2. The zero-order valence-electron chi connectivity index (χ0n) is 12.6. The van der Waals surface area contributed by atoms with Crippen LogP contribution < -0.4 is 10.6 Å². The highest BCUT2D eigenvalue weighted by Gasteiger charge is 2.32. The van der Waals surface area contributed by atoms with E-state index < -0.39 is 23.7 Å². The summed E-state index contributed by atoms with van der Waals surface area (Å²) in [6.07, 6.45) is -3.78. The van der Waals surface area contributed by atoms with Gasteiger partial charge in [-0.1, -0.05) is 12.1 Å².